The molecule has 1 aliphatic rings. The highest BCUT2D eigenvalue weighted by Gasteiger charge is 2.36. The van der Waals surface area contributed by atoms with Crippen LogP contribution in [0, 0.1) is 10.1 Å². The number of halogens is 1. The number of hydrogen-bond acceptors (Lipinski definition) is 5. The average Bonchev–Trinajstić information content (AvgIpc) is 2.82. The van der Waals surface area contributed by atoms with E-state index < -0.39 is 16.7 Å². The standard InChI is InChI=1S/C14H18ClN5O4/c1-14(2,3)24-13(21)19-7-6-18(12(19)17-20(22)23)9-10-4-5-11(15)16-8-10/h4-5,8H,6-7,9H2,1-3H3/b17-12-. The number of carbonyl (C=O) groups excluding carboxylic acids is 1. The second kappa shape index (κ2) is 7.00. The Morgan fingerprint density at radius 3 is 2.71 bits per heavy atom. The van der Waals surface area contributed by atoms with Crippen molar-refractivity contribution in [3.05, 3.63) is 39.2 Å². The van der Waals surface area contributed by atoms with Crippen molar-refractivity contribution in [1.29, 1.82) is 0 Å². The normalized spacial score (nSPS) is 16.6. The molecule has 1 saturated heterocycles. The van der Waals surface area contributed by atoms with E-state index in [-0.39, 0.29) is 12.5 Å². The molecule has 130 valence electrons. The maximum atomic E-state index is 12.2. The number of guanidine groups is 1. The maximum absolute atomic E-state index is 12.2. The molecule has 0 saturated carbocycles. The minimum atomic E-state index is -0.828. The van der Waals surface area contributed by atoms with Crippen molar-refractivity contribution in [3.63, 3.8) is 0 Å². The van der Waals surface area contributed by atoms with Crippen LogP contribution < -0.4 is 0 Å². The minimum Gasteiger partial charge on any atom is -0.443 e. The van der Waals surface area contributed by atoms with Crippen molar-refractivity contribution in [1.82, 2.24) is 14.8 Å². The second-order valence-corrected chi connectivity index (χ2v) is 6.57. The lowest BCUT2D eigenvalue weighted by Crippen LogP contribution is -2.41. The summed E-state index contributed by atoms with van der Waals surface area (Å²) < 4.78 is 5.27. The van der Waals surface area contributed by atoms with Gasteiger partial charge in [0, 0.05) is 19.3 Å². The van der Waals surface area contributed by atoms with E-state index in [4.69, 9.17) is 16.3 Å². The molecule has 0 atom stereocenters. The van der Waals surface area contributed by atoms with Gasteiger partial charge in [0.15, 0.2) is 5.03 Å². The van der Waals surface area contributed by atoms with E-state index in [1.54, 1.807) is 44.0 Å². The maximum Gasteiger partial charge on any atom is 0.417 e. The number of nitro groups is 1. The molecule has 1 fully saturated rings. The Morgan fingerprint density at radius 2 is 2.17 bits per heavy atom. The van der Waals surface area contributed by atoms with Gasteiger partial charge >= 0.3 is 6.09 Å². The van der Waals surface area contributed by atoms with E-state index >= 15 is 0 Å². The summed E-state index contributed by atoms with van der Waals surface area (Å²) in [5.41, 5.74) is 0.0890. The van der Waals surface area contributed by atoms with Gasteiger partial charge in [-0.15, -0.1) is 0 Å². The molecule has 1 amide bonds. The van der Waals surface area contributed by atoms with E-state index in [0.29, 0.717) is 18.2 Å². The number of hydrazone groups is 1. The van der Waals surface area contributed by atoms with Crippen molar-refractivity contribution < 1.29 is 14.6 Å². The number of rotatable bonds is 3. The molecule has 0 unspecified atom stereocenters. The van der Waals surface area contributed by atoms with Gasteiger partial charge in [0.1, 0.15) is 15.9 Å². The third kappa shape index (κ3) is 4.79. The molecule has 2 rings (SSSR count). The molecule has 10 heteroatoms. The number of nitrogens with zero attached hydrogens (tertiary/aromatic N) is 5. The van der Waals surface area contributed by atoms with Gasteiger partial charge in [-0.25, -0.2) is 24.8 Å². The summed E-state index contributed by atoms with van der Waals surface area (Å²) >= 11 is 5.74. The molecule has 1 aliphatic heterocycles. The molecule has 2 heterocycles. The highest BCUT2D eigenvalue weighted by Crippen LogP contribution is 2.18. The number of carbonyl (C=O) groups is 1. The van der Waals surface area contributed by atoms with Crippen LogP contribution in [0.4, 0.5) is 4.79 Å². The molecule has 1 aromatic heterocycles. The van der Waals surface area contributed by atoms with E-state index in [2.05, 4.69) is 10.1 Å². The molecule has 1 aromatic rings. The van der Waals surface area contributed by atoms with Gasteiger partial charge in [0.05, 0.1) is 6.54 Å². The zero-order chi connectivity index (χ0) is 17.9. The van der Waals surface area contributed by atoms with Crippen LogP contribution in [0.3, 0.4) is 0 Å². The first-order valence-electron chi connectivity index (χ1n) is 7.24. The highest BCUT2D eigenvalue weighted by atomic mass is 35.5. The van der Waals surface area contributed by atoms with Gasteiger partial charge < -0.3 is 9.64 Å². The summed E-state index contributed by atoms with van der Waals surface area (Å²) in [5, 5.41) is 13.7. The fraction of sp³-hybridized carbons (Fsp3) is 0.500. The van der Waals surface area contributed by atoms with Crippen LogP contribution >= 0.6 is 11.6 Å². The van der Waals surface area contributed by atoms with Crippen LogP contribution in [0.1, 0.15) is 26.3 Å². The van der Waals surface area contributed by atoms with Gasteiger partial charge in [-0.3, -0.25) is 0 Å². The van der Waals surface area contributed by atoms with E-state index in [1.165, 1.54) is 0 Å². The van der Waals surface area contributed by atoms with E-state index in [0.717, 1.165) is 10.5 Å². The van der Waals surface area contributed by atoms with Gasteiger partial charge in [0.25, 0.3) is 5.96 Å². The molecule has 0 radical (unpaired) electrons. The molecule has 0 bridgehead atoms. The third-order valence-corrected chi connectivity index (χ3v) is 3.29. The third-order valence-electron chi connectivity index (χ3n) is 3.06. The Labute approximate surface area is 144 Å². The van der Waals surface area contributed by atoms with Gasteiger partial charge in [-0.2, -0.15) is 0 Å². The molecule has 24 heavy (non-hydrogen) atoms. The van der Waals surface area contributed by atoms with E-state index in [1.807, 2.05) is 0 Å². The molecular formula is C14H18ClN5O4. The molecule has 0 aromatic carbocycles. The topological polar surface area (TPSA) is 101 Å². The van der Waals surface area contributed by atoms with Gasteiger partial charge in [-0.1, -0.05) is 17.7 Å². The predicted octanol–water partition coefficient (Wildman–Crippen LogP) is 2.34. The molecule has 0 aliphatic carbocycles. The summed E-state index contributed by atoms with van der Waals surface area (Å²) in [6, 6.07) is 3.39. The fourth-order valence-electron chi connectivity index (χ4n) is 2.14. The minimum absolute atomic E-state index is 0.0517. The SMILES string of the molecule is CC(C)(C)OC(=O)N1CCN(Cc2ccc(Cl)nc2)/C1=N/[N+](=O)[O-]. The van der Waals surface area contributed by atoms with Crippen molar-refractivity contribution in [2.45, 2.75) is 32.9 Å². The Kier molecular flexibility index (Phi) is 5.23. The first-order valence-corrected chi connectivity index (χ1v) is 7.62. The summed E-state index contributed by atoms with van der Waals surface area (Å²) in [7, 11) is 0. The first-order chi connectivity index (χ1) is 11.2. The van der Waals surface area contributed by atoms with Gasteiger partial charge in [0.2, 0.25) is 0 Å². The van der Waals surface area contributed by atoms with Crippen LogP contribution in [0.15, 0.2) is 23.4 Å². The summed E-state index contributed by atoms with van der Waals surface area (Å²) in [4.78, 5) is 29.8. The lowest BCUT2D eigenvalue weighted by molar-refractivity contribution is -0.486. The van der Waals surface area contributed by atoms with Crippen LogP contribution in [0.2, 0.25) is 5.15 Å². The number of ether oxygens (including phenoxy) is 1. The number of hydrogen-bond donors (Lipinski definition) is 0. The summed E-state index contributed by atoms with van der Waals surface area (Å²) in [6.45, 7) is 6.14. The Balaban J connectivity index is 2.19. The lowest BCUT2D eigenvalue weighted by Gasteiger charge is -2.24. The summed E-state index contributed by atoms with van der Waals surface area (Å²) in [5.74, 6) is -0.0517. The second-order valence-electron chi connectivity index (χ2n) is 6.18. The monoisotopic (exact) mass is 355 g/mol. The van der Waals surface area contributed by atoms with E-state index in [9.17, 15) is 14.9 Å². The largest absolute Gasteiger partial charge is 0.443 e. The number of amides is 1. The van der Waals surface area contributed by atoms with Crippen LogP contribution in [-0.4, -0.2) is 50.6 Å². The van der Waals surface area contributed by atoms with Crippen molar-refractivity contribution in [3.8, 4) is 0 Å². The highest BCUT2D eigenvalue weighted by molar-refractivity contribution is 6.29. The Bertz CT molecular complexity index is 656. The first kappa shape index (κ1) is 17.9. The molecular weight excluding hydrogens is 338 g/mol. The zero-order valence-corrected chi connectivity index (χ0v) is 14.4. The van der Waals surface area contributed by atoms with Crippen LogP contribution in [0.25, 0.3) is 0 Å². The van der Waals surface area contributed by atoms with Crippen molar-refractivity contribution in [2.75, 3.05) is 13.1 Å². The number of aromatic nitrogens is 1. The smallest absolute Gasteiger partial charge is 0.417 e. The van der Waals surface area contributed by atoms with Crippen molar-refractivity contribution >= 4 is 23.7 Å². The summed E-state index contributed by atoms with van der Waals surface area (Å²) in [6.07, 6.45) is 0.905. The molecule has 0 spiro atoms. The fourth-order valence-corrected chi connectivity index (χ4v) is 2.25. The zero-order valence-electron chi connectivity index (χ0n) is 13.6. The quantitative estimate of drug-likeness (QED) is 0.468. The lowest BCUT2D eigenvalue weighted by atomic mass is 10.2. The number of pyridine rings is 1. The Hall–Kier alpha value is -2.42. The van der Waals surface area contributed by atoms with Crippen LogP contribution in [-0.2, 0) is 11.3 Å². The average molecular weight is 356 g/mol. The Morgan fingerprint density at radius 1 is 1.46 bits per heavy atom. The van der Waals surface area contributed by atoms with Crippen LogP contribution in [0.5, 0.6) is 0 Å². The molecule has 9 nitrogen and oxygen atoms in total. The predicted molar refractivity (Wildman–Crippen MR) is 87.0 cm³/mol. The molecule has 0 N–H and O–H groups in total. The van der Waals surface area contributed by atoms with Gasteiger partial charge in [-0.05, 0) is 32.4 Å². The van der Waals surface area contributed by atoms with Crippen molar-refractivity contribution in [2.24, 2.45) is 5.10 Å².